The van der Waals surface area contributed by atoms with Gasteiger partial charge in [0, 0.05) is 11.1 Å². The Kier molecular flexibility index (Phi) is 6.96. The van der Waals surface area contributed by atoms with Crippen LogP contribution in [-0.4, -0.2) is 43.7 Å². The van der Waals surface area contributed by atoms with Crippen LogP contribution < -0.4 is 18.9 Å². The van der Waals surface area contributed by atoms with Gasteiger partial charge in [0.25, 0.3) is 0 Å². The van der Waals surface area contributed by atoms with Gasteiger partial charge in [-0.15, -0.1) is 0 Å². The van der Waals surface area contributed by atoms with E-state index in [1.54, 1.807) is 24.3 Å². The molecule has 0 saturated heterocycles. The third kappa shape index (κ3) is 4.93. The van der Waals surface area contributed by atoms with Crippen LogP contribution in [0.15, 0.2) is 60.7 Å². The average Bonchev–Trinajstić information content (AvgIpc) is 3.30. The number of imidazole rings is 1. The van der Waals surface area contributed by atoms with E-state index in [0.717, 1.165) is 0 Å². The number of benzene rings is 3. The lowest BCUT2D eigenvalue weighted by atomic mass is 9.99. The Morgan fingerprint density at radius 3 is 2.20 bits per heavy atom. The summed E-state index contributed by atoms with van der Waals surface area (Å²) < 4.78 is 46.7. The number of aromatic amines is 1. The smallest absolute Gasteiger partial charge is 0.387 e. The number of carbonyl (C=O) groups is 1. The number of nitrogens with one attached hydrogen (secondary N) is 1. The van der Waals surface area contributed by atoms with E-state index in [-0.39, 0.29) is 28.3 Å². The highest BCUT2D eigenvalue weighted by Crippen LogP contribution is 2.39. The van der Waals surface area contributed by atoms with Crippen LogP contribution in [0.5, 0.6) is 23.0 Å². The van der Waals surface area contributed by atoms with Crippen LogP contribution in [0.25, 0.3) is 22.7 Å². The summed E-state index contributed by atoms with van der Waals surface area (Å²) in [6.45, 7) is -3.02. The molecule has 0 atom stereocenters. The molecule has 0 aliphatic heterocycles. The van der Waals surface area contributed by atoms with E-state index in [1.165, 1.54) is 45.6 Å². The third-order valence-corrected chi connectivity index (χ3v) is 5.25. The number of para-hydroxylation sites is 3. The number of aromatic nitrogens is 2. The Morgan fingerprint density at radius 2 is 1.57 bits per heavy atom. The number of carbonyl (C=O) groups excluding carboxylic acids is 1. The van der Waals surface area contributed by atoms with Crippen molar-refractivity contribution < 1.29 is 32.5 Å². The number of ketones is 1. The molecule has 4 aromatic rings. The van der Waals surface area contributed by atoms with Gasteiger partial charge < -0.3 is 23.9 Å². The van der Waals surface area contributed by atoms with E-state index >= 15 is 0 Å². The van der Waals surface area contributed by atoms with E-state index in [9.17, 15) is 13.6 Å². The van der Waals surface area contributed by atoms with E-state index < -0.39 is 12.4 Å². The molecule has 7 nitrogen and oxygen atoms in total. The Bertz CT molecular complexity index is 1340. The molecule has 9 heteroatoms. The van der Waals surface area contributed by atoms with Crippen LogP contribution in [0.3, 0.4) is 0 Å². The highest BCUT2D eigenvalue weighted by Gasteiger charge is 2.23. The van der Waals surface area contributed by atoms with Crippen molar-refractivity contribution in [2.45, 2.75) is 6.61 Å². The number of halogens is 2. The third-order valence-electron chi connectivity index (χ3n) is 5.25. The van der Waals surface area contributed by atoms with Crippen LogP contribution in [0.4, 0.5) is 8.78 Å². The first-order valence-electron chi connectivity index (χ1n) is 10.5. The van der Waals surface area contributed by atoms with E-state index in [0.29, 0.717) is 28.3 Å². The Morgan fingerprint density at radius 1 is 0.914 bits per heavy atom. The molecule has 4 rings (SSSR count). The number of allylic oxidation sites excluding steroid dienone is 1. The molecule has 0 unspecified atom stereocenters. The number of alkyl halides is 2. The minimum absolute atomic E-state index is 0.0752. The molecular weight excluding hydrogens is 458 g/mol. The molecule has 0 radical (unpaired) electrons. The van der Waals surface area contributed by atoms with Gasteiger partial charge in [-0.2, -0.15) is 8.78 Å². The predicted molar refractivity (Wildman–Crippen MR) is 127 cm³/mol. The molecule has 1 aromatic heterocycles. The Balaban J connectivity index is 1.91. The van der Waals surface area contributed by atoms with Gasteiger partial charge in [0.15, 0.2) is 17.3 Å². The van der Waals surface area contributed by atoms with Gasteiger partial charge in [0.2, 0.25) is 5.75 Å². The lowest BCUT2D eigenvalue weighted by molar-refractivity contribution is -0.0499. The van der Waals surface area contributed by atoms with Crippen molar-refractivity contribution in [2.24, 2.45) is 0 Å². The quantitative estimate of drug-likeness (QED) is 0.248. The van der Waals surface area contributed by atoms with Gasteiger partial charge in [-0.25, -0.2) is 4.98 Å². The second kappa shape index (κ2) is 10.3. The van der Waals surface area contributed by atoms with Crippen LogP contribution in [0.1, 0.15) is 21.7 Å². The summed E-state index contributed by atoms with van der Waals surface area (Å²) >= 11 is 0. The van der Waals surface area contributed by atoms with Crippen molar-refractivity contribution in [3.05, 3.63) is 77.6 Å². The molecule has 0 amide bonds. The molecule has 1 heterocycles. The monoisotopic (exact) mass is 480 g/mol. The summed E-state index contributed by atoms with van der Waals surface area (Å²) in [6, 6.07) is 16.5. The fraction of sp³-hybridized carbons (Fsp3) is 0.154. The van der Waals surface area contributed by atoms with Crippen molar-refractivity contribution in [1.29, 1.82) is 0 Å². The first kappa shape index (κ1) is 23.7. The van der Waals surface area contributed by atoms with Crippen molar-refractivity contribution >= 4 is 28.5 Å². The zero-order valence-corrected chi connectivity index (χ0v) is 19.2. The molecule has 35 heavy (non-hydrogen) atoms. The fourth-order valence-electron chi connectivity index (χ4n) is 3.65. The first-order chi connectivity index (χ1) is 16.9. The number of fused-ring (bicyclic) bond motifs is 1. The lowest BCUT2D eigenvalue weighted by Gasteiger charge is -2.14. The van der Waals surface area contributed by atoms with Crippen molar-refractivity contribution in [3.63, 3.8) is 0 Å². The maximum atomic E-state index is 13.8. The van der Waals surface area contributed by atoms with Crippen molar-refractivity contribution in [1.82, 2.24) is 9.97 Å². The maximum absolute atomic E-state index is 13.8. The second-order valence-electron chi connectivity index (χ2n) is 7.32. The zero-order chi connectivity index (χ0) is 24.9. The SMILES string of the molecule is COc1cc(C(=O)/C(=C/c2ccccc2OC(F)F)c2nc3ccccc3[nH]2)cc(OC)c1OC. The minimum atomic E-state index is -3.02. The summed E-state index contributed by atoms with van der Waals surface area (Å²) in [5.41, 5.74) is 1.98. The average molecular weight is 480 g/mol. The first-order valence-corrected chi connectivity index (χ1v) is 10.5. The van der Waals surface area contributed by atoms with Crippen LogP contribution in [0.2, 0.25) is 0 Å². The van der Waals surface area contributed by atoms with Crippen molar-refractivity contribution in [3.8, 4) is 23.0 Å². The molecule has 0 aliphatic carbocycles. The van der Waals surface area contributed by atoms with Crippen LogP contribution in [-0.2, 0) is 0 Å². The maximum Gasteiger partial charge on any atom is 0.387 e. The van der Waals surface area contributed by atoms with Crippen molar-refractivity contribution in [2.75, 3.05) is 21.3 Å². The van der Waals surface area contributed by atoms with Gasteiger partial charge in [-0.1, -0.05) is 30.3 Å². The number of methoxy groups -OCH3 is 3. The topological polar surface area (TPSA) is 82.7 Å². The number of nitrogens with zero attached hydrogens (tertiary/aromatic N) is 1. The summed E-state index contributed by atoms with van der Waals surface area (Å²) in [5, 5.41) is 0. The molecule has 0 bridgehead atoms. The highest BCUT2D eigenvalue weighted by molar-refractivity contribution is 6.32. The van der Waals surface area contributed by atoms with Gasteiger partial charge in [-0.05, 0) is 36.4 Å². The largest absolute Gasteiger partial charge is 0.493 e. The molecule has 3 aromatic carbocycles. The standard InChI is InChI=1S/C26H22F2N2O5/c1-32-21-13-16(14-22(33-2)24(21)34-3)23(31)17(25-29-18-9-5-6-10-19(18)30-25)12-15-8-4-7-11-20(15)35-26(27)28/h4-14,26H,1-3H3,(H,29,30)/b17-12-. The number of rotatable bonds is 9. The van der Waals surface area contributed by atoms with Crippen LogP contribution in [0, 0.1) is 0 Å². The lowest BCUT2D eigenvalue weighted by Crippen LogP contribution is -2.07. The van der Waals surface area contributed by atoms with Gasteiger partial charge >= 0.3 is 6.61 Å². The number of hydrogen-bond acceptors (Lipinski definition) is 6. The molecule has 0 saturated carbocycles. The molecule has 1 N–H and O–H groups in total. The van der Waals surface area contributed by atoms with Crippen LogP contribution >= 0.6 is 0 Å². The number of H-pyrrole nitrogens is 1. The number of Topliss-reactive ketones (excluding diaryl/α,β-unsaturated/α-hetero) is 1. The molecule has 0 aliphatic rings. The summed E-state index contributed by atoms with van der Waals surface area (Å²) in [6.07, 6.45) is 1.46. The van der Waals surface area contributed by atoms with E-state index in [4.69, 9.17) is 14.2 Å². The van der Waals surface area contributed by atoms with E-state index in [2.05, 4.69) is 14.7 Å². The minimum Gasteiger partial charge on any atom is -0.493 e. The molecule has 180 valence electrons. The molecular formula is C26H22F2N2O5. The normalized spacial score (nSPS) is 11.5. The van der Waals surface area contributed by atoms with Gasteiger partial charge in [-0.3, -0.25) is 4.79 Å². The Labute approximate surface area is 199 Å². The highest BCUT2D eigenvalue weighted by atomic mass is 19.3. The van der Waals surface area contributed by atoms with Gasteiger partial charge in [0.1, 0.15) is 11.6 Å². The number of ether oxygens (including phenoxy) is 4. The second-order valence-corrected chi connectivity index (χ2v) is 7.32. The molecule has 0 fully saturated rings. The van der Waals surface area contributed by atoms with E-state index in [1.807, 2.05) is 18.2 Å². The Hall–Kier alpha value is -4.40. The van der Waals surface area contributed by atoms with Gasteiger partial charge in [0.05, 0.1) is 37.9 Å². The molecule has 0 spiro atoms. The summed E-state index contributed by atoms with van der Waals surface area (Å²) in [7, 11) is 4.35. The number of hydrogen-bond donors (Lipinski definition) is 1. The zero-order valence-electron chi connectivity index (χ0n) is 19.2. The summed E-state index contributed by atoms with van der Waals surface area (Å²) in [5.74, 6) is 0.651. The fourth-order valence-corrected chi connectivity index (χ4v) is 3.65. The summed E-state index contributed by atoms with van der Waals surface area (Å²) in [4.78, 5) is 21.5. The predicted octanol–water partition coefficient (Wildman–Crippen LogP) is 5.61.